The quantitative estimate of drug-likeness (QED) is 0.731. The van der Waals surface area contributed by atoms with E-state index >= 15 is 0 Å². The van der Waals surface area contributed by atoms with Gasteiger partial charge < -0.3 is 9.47 Å². The highest BCUT2D eigenvalue weighted by molar-refractivity contribution is 5.83. The summed E-state index contributed by atoms with van der Waals surface area (Å²) < 4.78 is 10.8. The van der Waals surface area contributed by atoms with Crippen LogP contribution in [0.3, 0.4) is 0 Å². The van der Waals surface area contributed by atoms with Crippen LogP contribution in [0.5, 0.6) is 0 Å². The summed E-state index contributed by atoms with van der Waals surface area (Å²) in [5.74, 6) is -0.397. The van der Waals surface area contributed by atoms with Gasteiger partial charge >= 0.3 is 12.1 Å². The fourth-order valence-corrected chi connectivity index (χ4v) is 3.36. The fraction of sp³-hybridized carbons (Fsp3) is 0.391. The molecule has 2 aromatic carbocycles. The number of fused-ring (bicyclic) bond motifs is 1. The Labute approximate surface area is 166 Å². The van der Waals surface area contributed by atoms with Gasteiger partial charge in [0.25, 0.3) is 0 Å². The standard InChI is InChI=1S/C23H27NO4/c1-5-27-21(25)20-14-18-12-11-17(16-9-7-6-8-10-16)13-19(18)15-24(20)22(26)28-23(2,3)4/h6-13,20H,5,14-15H2,1-4H3. The molecule has 0 aliphatic carbocycles. The Hall–Kier alpha value is -2.82. The predicted molar refractivity (Wildman–Crippen MR) is 108 cm³/mol. The summed E-state index contributed by atoms with van der Waals surface area (Å²) in [5, 5.41) is 0. The number of rotatable bonds is 3. The summed E-state index contributed by atoms with van der Waals surface area (Å²) in [5.41, 5.74) is 3.63. The van der Waals surface area contributed by atoms with E-state index in [-0.39, 0.29) is 6.61 Å². The van der Waals surface area contributed by atoms with Crippen molar-refractivity contribution in [2.75, 3.05) is 6.61 Å². The van der Waals surface area contributed by atoms with Crippen molar-refractivity contribution in [1.82, 2.24) is 4.90 Å². The van der Waals surface area contributed by atoms with E-state index < -0.39 is 23.7 Å². The third-order valence-corrected chi connectivity index (χ3v) is 4.63. The highest BCUT2D eigenvalue weighted by Gasteiger charge is 2.38. The molecule has 0 bridgehead atoms. The van der Waals surface area contributed by atoms with E-state index in [2.05, 4.69) is 24.3 Å². The molecule has 0 spiro atoms. The monoisotopic (exact) mass is 381 g/mol. The normalized spacial score (nSPS) is 16.3. The SMILES string of the molecule is CCOC(=O)C1Cc2ccc(-c3ccccc3)cc2CN1C(=O)OC(C)(C)C. The summed E-state index contributed by atoms with van der Waals surface area (Å²) >= 11 is 0. The molecule has 148 valence electrons. The molecule has 1 atom stereocenters. The molecule has 0 saturated heterocycles. The molecule has 1 aliphatic heterocycles. The number of amides is 1. The molecular weight excluding hydrogens is 354 g/mol. The third-order valence-electron chi connectivity index (χ3n) is 4.63. The smallest absolute Gasteiger partial charge is 0.411 e. The van der Waals surface area contributed by atoms with E-state index in [1.54, 1.807) is 6.92 Å². The van der Waals surface area contributed by atoms with Crippen LogP contribution in [0.4, 0.5) is 4.79 Å². The van der Waals surface area contributed by atoms with Crippen molar-refractivity contribution >= 4 is 12.1 Å². The van der Waals surface area contributed by atoms with Gasteiger partial charge in [-0.25, -0.2) is 9.59 Å². The minimum Gasteiger partial charge on any atom is -0.464 e. The van der Waals surface area contributed by atoms with Gasteiger partial charge in [-0.3, -0.25) is 4.90 Å². The van der Waals surface area contributed by atoms with E-state index in [0.717, 1.165) is 22.3 Å². The maximum atomic E-state index is 12.8. The zero-order valence-electron chi connectivity index (χ0n) is 16.9. The lowest BCUT2D eigenvalue weighted by atomic mass is 9.91. The van der Waals surface area contributed by atoms with Crippen molar-refractivity contribution in [2.24, 2.45) is 0 Å². The molecule has 2 aromatic rings. The zero-order valence-corrected chi connectivity index (χ0v) is 16.9. The summed E-state index contributed by atoms with van der Waals surface area (Å²) in [6.07, 6.45) is -0.0797. The van der Waals surface area contributed by atoms with Crippen molar-refractivity contribution in [3.05, 3.63) is 59.7 Å². The number of carbonyl (C=O) groups is 2. The Morgan fingerprint density at radius 1 is 1.04 bits per heavy atom. The minimum absolute atomic E-state index is 0.275. The fourth-order valence-electron chi connectivity index (χ4n) is 3.36. The molecule has 28 heavy (non-hydrogen) atoms. The first-order valence-corrected chi connectivity index (χ1v) is 9.62. The van der Waals surface area contributed by atoms with Gasteiger partial charge in [-0.15, -0.1) is 0 Å². The Balaban J connectivity index is 1.93. The number of hydrogen-bond donors (Lipinski definition) is 0. The summed E-state index contributed by atoms with van der Waals surface area (Å²) in [7, 11) is 0. The third kappa shape index (κ3) is 4.53. The Morgan fingerprint density at radius 2 is 1.75 bits per heavy atom. The Kier molecular flexibility index (Phi) is 5.73. The van der Waals surface area contributed by atoms with Gasteiger partial charge in [-0.05, 0) is 56.0 Å². The molecule has 1 heterocycles. The topological polar surface area (TPSA) is 55.8 Å². The molecule has 1 amide bonds. The van der Waals surface area contributed by atoms with Crippen molar-refractivity contribution in [2.45, 2.75) is 52.3 Å². The van der Waals surface area contributed by atoms with Crippen LogP contribution in [0, 0.1) is 0 Å². The summed E-state index contributed by atoms with van der Waals surface area (Å²) in [6.45, 7) is 7.80. The van der Waals surface area contributed by atoms with Crippen LogP contribution in [0.25, 0.3) is 11.1 Å². The van der Waals surface area contributed by atoms with Crippen molar-refractivity contribution in [1.29, 1.82) is 0 Å². The van der Waals surface area contributed by atoms with Gasteiger partial charge in [-0.1, -0.05) is 42.5 Å². The highest BCUT2D eigenvalue weighted by atomic mass is 16.6. The van der Waals surface area contributed by atoms with Crippen LogP contribution in [0.2, 0.25) is 0 Å². The van der Waals surface area contributed by atoms with Crippen LogP contribution in [-0.4, -0.2) is 35.2 Å². The second kappa shape index (κ2) is 8.05. The molecule has 0 N–H and O–H groups in total. The van der Waals surface area contributed by atoms with Gasteiger partial charge in [0.05, 0.1) is 13.2 Å². The average Bonchev–Trinajstić information content (AvgIpc) is 2.66. The Bertz CT molecular complexity index is 855. The highest BCUT2D eigenvalue weighted by Crippen LogP contribution is 2.30. The first-order valence-electron chi connectivity index (χ1n) is 9.62. The molecule has 1 unspecified atom stereocenters. The summed E-state index contributed by atoms with van der Waals surface area (Å²) in [4.78, 5) is 26.8. The molecule has 0 fully saturated rings. The number of ether oxygens (including phenoxy) is 2. The Morgan fingerprint density at radius 3 is 2.39 bits per heavy atom. The first kappa shape index (κ1) is 19.9. The lowest BCUT2D eigenvalue weighted by Gasteiger charge is -2.36. The molecule has 0 aromatic heterocycles. The van der Waals surface area contributed by atoms with Crippen LogP contribution in [0.1, 0.15) is 38.8 Å². The second-order valence-corrected chi connectivity index (χ2v) is 7.93. The molecule has 5 heteroatoms. The molecule has 0 radical (unpaired) electrons. The average molecular weight is 381 g/mol. The lowest BCUT2D eigenvalue weighted by Crippen LogP contribution is -2.50. The molecule has 0 saturated carbocycles. The minimum atomic E-state index is -0.676. The molecule has 5 nitrogen and oxygen atoms in total. The number of benzene rings is 2. The van der Waals surface area contributed by atoms with Crippen LogP contribution in [-0.2, 0) is 27.2 Å². The van der Waals surface area contributed by atoms with E-state index in [4.69, 9.17) is 9.47 Å². The predicted octanol–water partition coefficient (Wildman–Crippen LogP) is 4.58. The molecular formula is C23H27NO4. The van der Waals surface area contributed by atoms with Gasteiger partial charge in [0.2, 0.25) is 0 Å². The van der Waals surface area contributed by atoms with Crippen LogP contribution < -0.4 is 0 Å². The van der Waals surface area contributed by atoms with Gasteiger partial charge in [0.1, 0.15) is 11.6 Å². The lowest BCUT2D eigenvalue weighted by molar-refractivity contribution is -0.150. The second-order valence-electron chi connectivity index (χ2n) is 7.93. The largest absolute Gasteiger partial charge is 0.464 e. The number of nitrogens with zero attached hydrogens (tertiary/aromatic N) is 1. The van der Waals surface area contributed by atoms with Crippen LogP contribution in [0.15, 0.2) is 48.5 Å². The summed E-state index contributed by atoms with van der Waals surface area (Å²) in [6, 6.07) is 15.6. The molecule has 1 aliphatic rings. The van der Waals surface area contributed by atoms with Crippen molar-refractivity contribution in [3.8, 4) is 11.1 Å². The van der Waals surface area contributed by atoms with E-state index in [0.29, 0.717) is 13.0 Å². The van der Waals surface area contributed by atoms with E-state index in [1.807, 2.05) is 45.0 Å². The number of esters is 1. The zero-order chi connectivity index (χ0) is 20.3. The van der Waals surface area contributed by atoms with Crippen molar-refractivity contribution < 1.29 is 19.1 Å². The number of carbonyl (C=O) groups excluding carboxylic acids is 2. The van der Waals surface area contributed by atoms with E-state index in [9.17, 15) is 9.59 Å². The van der Waals surface area contributed by atoms with E-state index in [1.165, 1.54) is 4.90 Å². The maximum absolute atomic E-state index is 12.8. The first-order chi connectivity index (χ1) is 13.3. The van der Waals surface area contributed by atoms with Gasteiger partial charge in [0, 0.05) is 6.42 Å². The van der Waals surface area contributed by atoms with Crippen LogP contribution >= 0.6 is 0 Å². The van der Waals surface area contributed by atoms with Gasteiger partial charge in [0.15, 0.2) is 0 Å². The number of hydrogen-bond acceptors (Lipinski definition) is 4. The van der Waals surface area contributed by atoms with Gasteiger partial charge in [-0.2, -0.15) is 0 Å². The molecule has 3 rings (SSSR count). The van der Waals surface area contributed by atoms with Crippen molar-refractivity contribution in [3.63, 3.8) is 0 Å². The maximum Gasteiger partial charge on any atom is 0.411 e.